The van der Waals surface area contributed by atoms with Crippen LogP contribution in [0.3, 0.4) is 0 Å². The van der Waals surface area contributed by atoms with Crippen molar-refractivity contribution in [3.8, 4) is 10.6 Å². The van der Waals surface area contributed by atoms with Crippen LogP contribution in [0.4, 0.5) is 0 Å². The maximum Gasteiger partial charge on any atom is 0.337 e. The molecule has 0 atom stereocenters. The number of thiazole rings is 1. The molecule has 0 spiro atoms. The maximum absolute atomic E-state index is 12.3. The van der Waals surface area contributed by atoms with Crippen molar-refractivity contribution in [3.63, 3.8) is 0 Å². The lowest BCUT2D eigenvalue weighted by atomic mass is 10.1. The molecule has 0 aliphatic heterocycles. The average Bonchev–Trinajstić information content (AvgIpc) is 3.15. The number of methoxy groups -OCH3 is 1. The lowest BCUT2D eigenvalue weighted by molar-refractivity contribution is 0.0600. The molecule has 1 aromatic carbocycles. The number of hydrogen-bond acceptors (Lipinski definition) is 6. The van der Waals surface area contributed by atoms with Gasteiger partial charge < -0.3 is 10.1 Å². The number of ether oxygens (including phenoxy) is 1. The van der Waals surface area contributed by atoms with E-state index in [0.29, 0.717) is 17.7 Å². The van der Waals surface area contributed by atoms with Gasteiger partial charge in [-0.05, 0) is 30.3 Å². The van der Waals surface area contributed by atoms with Crippen molar-refractivity contribution in [1.82, 2.24) is 15.3 Å². The van der Waals surface area contributed by atoms with Crippen LogP contribution < -0.4 is 5.32 Å². The van der Waals surface area contributed by atoms with Crippen LogP contribution >= 0.6 is 11.3 Å². The van der Waals surface area contributed by atoms with Crippen molar-refractivity contribution in [1.29, 1.82) is 0 Å². The van der Waals surface area contributed by atoms with Crippen LogP contribution in [-0.4, -0.2) is 29.0 Å². The third-order valence-electron chi connectivity index (χ3n) is 3.44. The molecule has 0 fully saturated rings. The first kappa shape index (κ1) is 16.8. The van der Waals surface area contributed by atoms with Gasteiger partial charge in [0.2, 0.25) is 0 Å². The second-order valence-corrected chi connectivity index (χ2v) is 6.00. The van der Waals surface area contributed by atoms with Crippen LogP contribution in [0.1, 0.15) is 26.4 Å². The van der Waals surface area contributed by atoms with Crippen molar-refractivity contribution >= 4 is 23.2 Å². The van der Waals surface area contributed by atoms with Gasteiger partial charge in [-0.3, -0.25) is 9.78 Å². The van der Waals surface area contributed by atoms with E-state index in [0.717, 1.165) is 16.3 Å². The summed E-state index contributed by atoms with van der Waals surface area (Å²) in [6.45, 7) is 0.304. The molecule has 0 unspecified atom stereocenters. The fourth-order valence-electron chi connectivity index (χ4n) is 2.19. The number of nitrogens with one attached hydrogen (secondary N) is 1. The Morgan fingerprint density at radius 1 is 1.20 bits per heavy atom. The summed E-state index contributed by atoms with van der Waals surface area (Å²) in [5.74, 6) is -0.753. The van der Waals surface area contributed by atoms with Gasteiger partial charge in [0.15, 0.2) is 0 Å². The van der Waals surface area contributed by atoms with Crippen molar-refractivity contribution < 1.29 is 14.3 Å². The molecule has 3 aromatic rings. The van der Waals surface area contributed by atoms with Crippen molar-refractivity contribution in [2.24, 2.45) is 0 Å². The van der Waals surface area contributed by atoms with Gasteiger partial charge in [0.05, 0.1) is 24.9 Å². The number of carbonyl (C=O) groups is 2. The highest BCUT2D eigenvalue weighted by molar-refractivity contribution is 7.13. The number of esters is 1. The zero-order valence-electron chi connectivity index (χ0n) is 13.4. The SMILES string of the molecule is COC(=O)c1cccc(C(=O)NCc2csc(-c3cccnc3)n2)c1. The maximum atomic E-state index is 12.3. The van der Waals surface area contributed by atoms with Crippen molar-refractivity contribution in [3.05, 3.63) is 71.0 Å². The largest absolute Gasteiger partial charge is 0.465 e. The minimum atomic E-state index is -0.477. The lowest BCUT2D eigenvalue weighted by Crippen LogP contribution is -2.23. The van der Waals surface area contributed by atoms with Gasteiger partial charge >= 0.3 is 5.97 Å². The Balaban J connectivity index is 1.65. The first-order chi connectivity index (χ1) is 12.2. The number of pyridine rings is 1. The molecule has 3 rings (SSSR count). The van der Waals surface area contributed by atoms with E-state index in [1.54, 1.807) is 30.6 Å². The number of aromatic nitrogens is 2. The molecule has 0 saturated carbocycles. The Hall–Kier alpha value is -3.06. The molecule has 1 amide bonds. The summed E-state index contributed by atoms with van der Waals surface area (Å²) in [5, 5.41) is 5.55. The highest BCUT2D eigenvalue weighted by Crippen LogP contribution is 2.22. The molecular formula is C18H15N3O3S. The van der Waals surface area contributed by atoms with E-state index in [2.05, 4.69) is 20.0 Å². The quantitative estimate of drug-likeness (QED) is 0.713. The molecule has 0 aliphatic carbocycles. The van der Waals surface area contributed by atoms with E-state index in [1.807, 2.05) is 17.5 Å². The molecule has 0 saturated heterocycles. The first-order valence-corrected chi connectivity index (χ1v) is 8.36. The third-order valence-corrected chi connectivity index (χ3v) is 4.38. The number of nitrogens with zero attached hydrogens (tertiary/aromatic N) is 2. The number of benzene rings is 1. The normalized spacial score (nSPS) is 10.3. The van der Waals surface area contributed by atoms with Crippen LogP contribution in [0.15, 0.2) is 54.2 Å². The van der Waals surface area contributed by atoms with Crippen LogP contribution in [0.5, 0.6) is 0 Å². The fourth-order valence-corrected chi connectivity index (χ4v) is 3.00. The summed E-state index contributed by atoms with van der Waals surface area (Å²) in [6, 6.07) is 10.2. The van der Waals surface area contributed by atoms with Crippen LogP contribution in [0.25, 0.3) is 10.6 Å². The summed E-state index contributed by atoms with van der Waals surface area (Å²) >= 11 is 1.50. The summed E-state index contributed by atoms with van der Waals surface area (Å²) < 4.78 is 4.66. The lowest BCUT2D eigenvalue weighted by Gasteiger charge is -2.05. The second kappa shape index (κ2) is 7.67. The fraction of sp³-hybridized carbons (Fsp3) is 0.111. The topological polar surface area (TPSA) is 81.2 Å². The van der Waals surface area contributed by atoms with E-state index in [9.17, 15) is 9.59 Å². The molecule has 1 N–H and O–H groups in total. The summed E-state index contributed by atoms with van der Waals surface area (Å²) in [7, 11) is 1.30. The minimum Gasteiger partial charge on any atom is -0.465 e. The smallest absolute Gasteiger partial charge is 0.337 e. The van der Waals surface area contributed by atoms with Gasteiger partial charge in [-0.1, -0.05) is 6.07 Å². The Morgan fingerprint density at radius 3 is 2.80 bits per heavy atom. The van der Waals surface area contributed by atoms with Gasteiger partial charge in [0, 0.05) is 28.9 Å². The predicted octanol–water partition coefficient (Wildman–Crippen LogP) is 2.92. The molecule has 2 heterocycles. The number of carbonyl (C=O) groups excluding carboxylic acids is 2. The minimum absolute atomic E-state index is 0.276. The molecule has 0 radical (unpaired) electrons. The molecule has 25 heavy (non-hydrogen) atoms. The Labute approximate surface area is 148 Å². The Kier molecular flexibility index (Phi) is 5.15. The monoisotopic (exact) mass is 353 g/mol. The van der Waals surface area contributed by atoms with Crippen molar-refractivity contribution in [2.45, 2.75) is 6.54 Å². The van der Waals surface area contributed by atoms with E-state index >= 15 is 0 Å². The zero-order chi connectivity index (χ0) is 17.6. The van der Waals surface area contributed by atoms with Crippen LogP contribution in [-0.2, 0) is 11.3 Å². The van der Waals surface area contributed by atoms with Gasteiger partial charge in [0.1, 0.15) is 5.01 Å². The second-order valence-electron chi connectivity index (χ2n) is 5.14. The molecule has 0 bridgehead atoms. The van der Waals surface area contributed by atoms with Gasteiger partial charge in [0.25, 0.3) is 5.91 Å². The summed E-state index contributed by atoms with van der Waals surface area (Å²) in [4.78, 5) is 32.4. The molecule has 0 aliphatic rings. The predicted molar refractivity (Wildman–Crippen MR) is 94.3 cm³/mol. The van der Waals surface area contributed by atoms with Crippen molar-refractivity contribution in [2.75, 3.05) is 7.11 Å². The molecule has 7 heteroatoms. The molecule has 126 valence electrons. The number of amides is 1. The highest BCUT2D eigenvalue weighted by Gasteiger charge is 2.11. The van der Waals surface area contributed by atoms with E-state index in [-0.39, 0.29) is 5.91 Å². The van der Waals surface area contributed by atoms with E-state index in [1.165, 1.54) is 24.5 Å². The Bertz CT molecular complexity index is 893. The van der Waals surface area contributed by atoms with Gasteiger partial charge in [-0.15, -0.1) is 11.3 Å². The van der Waals surface area contributed by atoms with Gasteiger partial charge in [-0.2, -0.15) is 0 Å². The average molecular weight is 353 g/mol. The van der Waals surface area contributed by atoms with E-state index in [4.69, 9.17) is 0 Å². The first-order valence-electron chi connectivity index (χ1n) is 7.49. The zero-order valence-corrected chi connectivity index (χ0v) is 14.2. The highest BCUT2D eigenvalue weighted by atomic mass is 32.1. The molecular weight excluding hydrogens is 338 g/mol. The summed E-state index contributed by atoms with van der Waals surface area (Å²) in [5.41, 5.74) is 2.44. The summed E-state index contributed by atoms with van der Waals surface area (Å²) in [6.07, 6.45) is 3.46. The van der Waals surface area contributed by atoms with E-state index < -0.39 is 5.97 Å². The molecule has 6 nitrogen and oxygen atoms in total. The van der Waals surface area contributed by atoms with Crippen LogP contribution in [0.2, 0.25) is 0 Å². The standard InChI is InChI=1S/C18H15N3O3S/c1-24-18(23)13-5-2-4-12(8-13)16(22)20-10-15-11-25-17(21-15)14-6-3-7-19-9-14/h2-9,11H,10H2,1H3,(H,20,22). The van der Waals surface area contributed by atoms with Gasteiger partial charge in [-0.25, -0.2) is 9.78 Å². The number of rotatable bonds is 5. The van der Waals surface area contributed by atoms with Crippen LogP contribution in [0, 0.1) is 0 Å². The molecule has 2 aromatic heterocycles. The number of hydrogen-bond donors (Lipinski definition) is 1. The Morgan fingerprint density at radius 2 is 2.04 bits per heavy atom. The third kappa shape index (κ3) is 4.07.